The van der Waals surface area contributed by atoms with Crippen molar-refractivity contribution in [1.29, 1.82) is 0 Å². The monoisotopic (exact) mass is 255 g/mol. The molecule has 0 bridgehead atoms. The summed E-state index contributed by atoms with van der Waals surface area (Å²) in [5, 5.41) is 3.86. The van der Waals surface area contributed by atoms with Gasteiger partial charge in [-0.1, -0.05) is 5.16 Å². The summed E-state index contributed by atoms with van der Waals surface area (Å²) in [5.74, 6) is 0.688. The topological polar surface area (TPSA) is 86.7 Å². The lowest BCUT2D eigenvalue weighted by atomic mass is 10.3. The van der Waals surface area contributed by atoms with E-state index in [-0.39, 0.29) is 11.4 Å². The Balaban J connectivity index is 2.01. The molecule has 94 valence electrons. The summed E-state index contributed by atoms with van der Waals surface area (Å²) in [5.41, 5.74) is 1.11. The Morgan fingerprint density at radius 1 is 1.26 bits per heavy atom. The van der Waals surface area contributed by atoms with Crippen molar-refractivity contribution in [2.45, 2.75) is 0 Å². The van der Waals surface area contributed by atoms with Gasteiger partial charge in [-0.15, -0.1) is 0 Å². The highest BCUT2D eigenvalue weighted by molar-refractivity contribution is 5.56. The maximum Gasteiger partial charge on any atom is 0.278 e. The first-order valence-electron chi connectivity index (χ1n) is 5.51. The van der Waals surface area contributed by atoms with E-state index in [4.69, 9.17) is 4.52 Å². The number of pyridine rings is 1. The molecule has 0 atom stereocenters. The molecule has 0 N–H and O–H groups in total. The third-order valence-electron chi connectivity index (χ3n) is 2.55. The summed E-state index contributed by atoms with van der Waals surface area (Å²) < 4.78 is 6.58. The Morgan fingerprint density at radius 3 is 2.89 bits per heavy atom. The van der Waals surface area contributed by atoms with Gasteiger partial charge in [0.25, 0.3) is 5.89 Å². The van der Waals surface area contributed by atoms with Crippen LogP contribution in [0.15, 0.2) is 46.2 Å². The maximum atomic E-state index is 11.3. The third kappa shape index (κ3) is 2.13. The molecule has 0 saturated heterocycles. The minimum atomic E-state index is -0.0959. The molecule has 0 spiro atoms. The summed E-state index contributed by atoms with van der Waals surface area (Å²) in [6, 6.07) is 3.10. The van der Waals surface area contributed by atoms with E-state index in [2.05, 4.69) is 20.1 Å². The summed E-state index contributed by atoms with van der Waals surface area (Å²) in [6.07, 6.45) is 6.30. The van der Waals surface area contributed by atoms with Crippen molar-refractivity contribution in [3.05, 3.63) is 47.3 Å². The van der Waals surface area contributed by atoms with E-state index in [0.29, 0.717) is 17.1 Å². The van der Waals surface area contributed by atoms with Crippen LogP contribution in [0.2, 0.25) is 0 Å². The molecule has 0 fully saturated rings. The second-order valence-corrected chi connectivity index (χ2v) is 3.88. The molecular weight excluding hydrogens is 246 g/mol. The minimum absolute atomic E-state index is 0.0959. The molecule has 19 heavy (non-hydrogen) atoms. The molecule has 0 aromatic carbocycles. The van der Waals surface area contributed by atoms with Gasteiger partial charge < -0.3 is 9.09 Å². The lowest BCUT2D eigenvalue weighted by Crippen LogP contribution is -2.14. The van der Waals surface area contributed by atoms with Gasteiger partial charge in [-0.05, 0) is 6.07 Å². The number of hydrogen-bond donors (Lipinski definition) is 0. The molecule has 0 aliphatic rings. The summed E-state index contributed by atoms with van der Waals surface area (Å²) in [6.45, 7) is 0. The van der Waals surface area contributed by atoms with E-state index < -0.39 is 0 Å². The molecule has 7 heteroatoms. The molecule has 0 amide bonds. The van der Waals surface area contributed by atoms with Gasteiger partial charge in [0.05, 0.1) is 6.20 Å². The lowest BCUT2D eigenvalue weighted by molar-refractivity contribution is 0.430. The Morgan fingerprint density at radius 2 is 2.16 bits per heavy atom. The van der Waals surface area contributed by atoms with Gasteiger partial charge in [-0.3, -0.25) is 9.78 Å². The first-order chi connectivity index (χ1) is 9.24. The number of hydrogen-bond acceptors (Lipinski definition) is 6. The fourth-order valence-corrected chi connectivity index (χ4v) is 1.58. The SMILES string of the molecule is Cn1cc(-c2noc(-c3cnccn3)n2)ccc1=O. The van der Waals surface area contributed by atoms with E-state index in [1.54, 1.807) is 31.7 Å². The van der Waals surface area contributed by atoms with Gasteiger partial charge in [-0.2, -0.15) is 4.98 Å². The van der Waals surface area contributed by atoms with Crippen LogP contribution in [-0.4, -0.2) is 24.7 Å². The molecule has 3 aromatic rings. The molecular formula is C12H9N5O2. The van der Waals surface area contributed by atoms with Crippen molar-refractivity contribution in [2.75, 3.05) is 0 Å². The molecule has 3 rings (SSSR count). The molecule has 3 aromatic heterocycles. The van der Waals surface area contributed by atoms with Gasteiger partial charge in [0, 0.05) is 37.3 Å². The zero-order valence-electron chi connectivity index (χ0n) is 10.0. The van der Waals surface area contributed by atoms with Crippen LogP contribution in [0.3, 0.4) is 0 Å². The fraction of sp³-hybridized carbons (Fsp3) is 0.0833. The molecule has 0 unspecified atom stereocenters. The predicted molar refractivity (Wildman–Crippen MR) is 66.0 cm³/mol. The van der Waals surface area contributed by atoms with E-state index in [0.717, 1.165) is 0 Å². The standard InChI is InChI=1S/C12H9N5O2/c1-17-7-8(2-3-10(17)18)11-15-12(19-16-11)9-6-13-4-5-14-9/h2-7H,1H3. The highest BCUT2D eigenvalue weighted by Crippen LogP contribution is 2.18. The number of rotatable bonds is 2. The summed E-state index contributed by atoms with van der Waals surface area (Å²) in [7, 11) is 1.66. The highest BCUT2D eigenvalue weighted by Gasteiger charge is 2.11. The van der Waals surface area contributed by atoms with Crippen LogP contribution >= 0.6 is 0 Å². The van der Waals surface area contributed by atoms with Gasteiger partial charge in [0.2, 0.25) is 11.4 Å². The van der Waals surface area contributed by atoms with Gasteiger partial charge in [0.15, 0.2) is 0 Å². The van der Waals surface area contributed by atoms with Crippen LogP contribution in [0.5, 0.6) is 0 Å². The molecule has 0 radical (unpaired) electrons. The fourth-order valence-electron chi connectivity index (χ4n) is 1.58. The van der Waals surface area contributed by atoms with Crippen molar-refractivity contribution >= 4 is 0 Å². The average molecular weight is 255 g/mol. The molecule has 0 aliphatic heterocycles. The Kier molecular flexibility index (Phi) is 2.64. The van der Waals surface area contributed by atoms with E-state index in [1.165, 1.54) is 16.8 Å². The van der Waals surface area contributed by atoms with Gasteiger partial charge in [0.1, 0.15) is 5.69 Å². The first-order valence-corrected chi connectivity index (χ1v) is 5.51. The van der Waals surface area contributed by atoms with Crippen LogP contribution < -0.4 is 5.56 Å². The van der Waals surface area contributed by atoms with Crippen LogP contribution in [0.4, 0.5) is 0 Å². The van der Waals surface area contributed by atoms with E-state index in [9.17, 15) is 4.79 Å². The van der Waals surface area contributed by atoms with Crippen molar-refractivity contribution in [3.8, 4) is 23.0 Å². The van der Waals surface area contributed by atoms with Crippen LogP contribution in [0, 0.1) is 0 Å². The van der Waals surface area contributed by atoms with Gasteiger partial charge >= 0.3 is 0 Å². The number of nitrogens with zero attached hydrogens (tertiary/aromatic N) is 5. The predicted octanol–water partition coefficient (Wildman–Crippen LogP) is 0.892. The summed E-state index contributed by atoms with van der Waals surface area (Å²) in [4.78, 5) is 23.5. The largest absolute Gasteiger partial charge is 0.332 e. The normalized spacial score (nSPS) is 10.6. The molecule has 3 heterocycles. The van der Waals surface area contributed by atoms with E-state index in [1.807, 2.05) is 0 Å². The maximum absolute atomic E-state index is 11.3. The van der Waals surface area contributed by atoms with Crippen LogP contribution in [0.1, 0.15) is 0 Å². The van der Waals surface area contributed by atoms with Crippen LogP contribution in [-0.2, 0) is 7.05 Å². The third-order valence-corrected chi connectivity index (χ3v) is 2.55. The second-order valence-electron chi connectivity index (χ2n) is 3.88. The first kappa shape index (κ1) is 11.3. The van der Waals surface area contributed by atoms with E-state index >= 15 is 0 Å². The Hall–Kier alpha value is -2.83. The van der Waals surface area contributed by atoms with Crippen molar-refractivity contribution in [1.82, 2.24) is 24.7 Å². The van der Waals surface area contributed by atoms with Crippen molar-refractivity contribution in [3.63, 3.8) is 0 Å². The zero-order valence-corrected chi connectivity index (χ0v) is 10.0. The Bertz CT molecular complexity index is 763. The molecule has 7 nitrogen and oxygen atoms in total. The highest BCUT2D eigenvalue weighted by atomic mass is 16.5. The van der Waals surface area contributed by atoms with Crippen molar-refractivity contribution < 1.29 is 4.52 Å². The lowest BCUT2D eigenvalue weighted by Gasteiger charge is -1.97. The zero-order chi connectivity index (χ0) is 13.2. The summed E-state index contributed by atoms with van der Waals surface area (Å²) >= 11 is 0. The quantitative estimate of drug-likeness (QED) is 0.676. The number of aromatic nitrogens is 5. The number of aryl methyl sites for hydroxylation is 1. The minimum Gasteiger partial charge on any atom is -0.332 e. The smallest absolute Gasteiger partial charge is 0.278 e. The Labute approximate surface area is 107 Å². The molecule has 0 saturated carbocycles. The van der Waals surface area contributed by atoms with Crippen molar-refractivity contribution in [2.24, 2.45) is 7.05 Å². The second kappa shape index (κ2) is 4.45. The molecule has 0 aliphatic carbocycles. The average Bonchev–Trinajstić information content (AvgIpc) is 2.93. The van der Waals surface area contributed by atoms with Crippen LogP contribution in [0.25, 0.3) is 23.0 Å². The van der Waals surface area contributed by atoms with Gasteiger partial charge in [-0.25, -0.2) is 4.98 Å².